The first-order valence-corrected chi connectivity index (χ1v) is 10.3. The number of sulfonamides is 1. The summed E-state index contributed by atoms with van der Waals surface area (Å²) in [7, 11) is -3.19. The number of carbonyl (C=O) groups is 1. The molecule has 1 aromatic rings. The normalized spacial score (nSPS) is 17.0. The second kappa shape index (κ2) is 8.16. The molecule has 1 aliphatic rings. The van der Waals surface area contributed by atoms with Crippen molar-refractivity contribution in [2.24, 2.45) is 0 Å². The van der Waals surface area contributed by atoms with Gasteiger partial charge >= 0.3 is 0 Å². The largest absolute Gasteiger partial charge is 0.362 e. The molecule has 2 rings (SSSR count). The van der Waals surface area contributed by atoms with Crippen LogP contribution in [0.25, 0.3) is 0 Å². The first-order valence-electron chi connectivity index (χ1n) is 8.74. The number of H-pyrrole nitrogens is 1. The molecular weight excluding hydrogens is 326 g/mol. The summed E-state index contributed by atoms with van der Waals surface area (Å²) in [5, 5.41) is 0. The second-order valence-corrected chi connectivity index (χ2v) is 8.67. The molecule has 1 amide bonds. The molecule has 0 radical (unpaired) electrons. The number of amides is 1. The quantitative estimate of drug-likeness (QED) is 0.846. The summed E-state index contributed by atoms with van der Waals surface area (Å²) in [6.45, 7) is 7.96. The number of aromatic amines is 1. The molecular formula is C17H29N3O3S. The molecule has 0 aromatic carbocycles. The lowest BCUT2D eigenvalue weighted by molar-refractivity contribution is -0.130. The van der Waals surface area contributed by atoms with E-state index in [1.807, 2.05) is 26.8 Å². The van der Waals surface area contributed by atoms with Crippen molar-refractivity contribution in [1.29, 1.82) is 0 Å². The molecule has 0 aliphatic carbocycles. The van der Waals surface area contributed by atoms with Gasteiger partial charge in [0.2, 0.25) is 15.9 Å². The summed E-state index contributed by atoms with van der Waals surface area (Å²) in [6.07, 6.45) is 2.63. The number of nitrogens with one attached hydrogen (secondary N) is 1. The van der Waals surface area contributed by atoms with Crippen LogP contribution in [0.1, 0.15) is 43.1 Å². The Bertz CT molecular complexity index is 667. The topological polar surface area (TPSA) is 73.5 Å². The molecule has 0 saturated carbocycles. The average molecular weight is 356 g/mol. The van der Waals surface area contributed by atoms with E-state index < -0.39 is 10.0 Å². The Labute approximate surface area is 145 Å². The van der Waals surface area contributed by atoms with E-state index >= 15 is 0 Å². The van der Waals surface area contributed by atoms with E-state index in [2.05, 4.69) is 4.98 Å². The molecule has 1 N–H and O–H groups in total. The van der Waals surface area contributed by atoms with Crippen LogP contribution in [0.3, 0.4) is 0 Å². The SMILES string of the molecule is CCCCS(=O)(=O)N1CCCN(C(=O)Cc2cc(C)[nH]c2C)CC1. The maximum atomic E-state index is 12.6. The minimum absolute atomic E-state index is 0.0740. The summed E-state index contributed by atoms with van der Waals surface area (Å²) in [6, 6.07) is 2.01. The maximum absolute atomic E-state index is 12.6. The Morgan fingerprint density at radius 3 is 2.58 bits per heavy atom. The molecule has 136 valence electrons. The molecule has 0 spiro atoms. The lowest BCUT2D eigenvalue weighted by Gasteiger charge is -2.22. The van der Waals surface area contributed by atoms with Gasteiger partial charge in [-0.15, -0.1) is 0 Å². The van der Waals surface area contributed by atoms with Crippen molar-refractivity contribution in [3.8, 4) is 0 Å². The number of rotatable bonds is 6. The molecule has 0 bridgehead atoms. The van der Waals surface area contributed by atoms with Crippen molar-refractivity contribution in [1.82, 2.24) is 14.2 Å². The van der Waals surface area contributed by atoms with Gasteiger partial charge in [-0.2, -0.15) is 0 Å². The predicted molar refractivity (Wildman–Crippen MR) is 95.4 cm³/mol. The Balaban J connectivity index is 1.95. The number of aromatic nitrogens is 1. The average Bonchev–Trinajstić information content (AvgIpc) is 2.73. The molecule has 2 heterocycles. The van der Waals surface area contributed by atoms with E-state index in [0.29, 0.717) is 45.4 Å². The van der Waals surface area contributed by atoms with Crippen LogP contribution in [0.2, 0.25) is 0 Å². The predicted octanol–water partition coefficient (Wildman–Crippen LogP) is 1.84. The fraction of sp³-hybridized carbons (Fsp3) is 0.706. The Morgan fingerprint density at radius 1 is 1.21 bits per heavy atom. The zero-order valence-corrected chi connectivity index (χ0v) is 15.8. The number of nitrogens with zero attached hydrogens (tertiary/aromatic N) is 2. The van der Waals surface area contributed by atoms with Gasteiger partial charge < -0.3 is 9.88 Å². The Hall–Kier alpha value is -1.34. The molecule has 1 fully saturated rings. The van der Waals surface area contributed by atoms with Crippen LogP contribution in [-0.4, -0.2) is 60.4 Å². The second-order valence-electron chi connectivity index (χ2n) is 6.58. The molecule has 1 aliphatic heterocycles. The standard InChI is InChI=1S/C17H29N3O3S/c1-4-5-11-24(22,23)20-8-6-7-19(9-10-20)17(21)13-16-12-14(2)18-15(16)3/h12,18H,4-11,13H2,1-3H3. The van der Waals surface area contributed by atoms with E-state index in [9.17, 15) is 13.2 Å². The highest BCUT2D eigenvalue weighted by molar-refractivity contribution is 7.89. The van der Waals surface area contributed by atoms with Crippen molar-refractivity contribution >= 4 is 15.9 Å². The number of unbranched alkanes of at least 4 members (excludes halogenated alkanes) is 1. The van der Waals surface area contributed by atoms with Gasteiger partial charge in [-0.1, -0.05) is 13.3 Å². The molecule has 1 saturated heterocycles. The Kier molecular flexibility index (Phi) is 6.46. The summed E-state index contributed by atoms with van der Waals surface area (Å²) in [5.41, 5.74) is 3.10. The summed E-state index contributed by atoms with van der Waals surface area (Å²) >= 11 is 0. The van der Waals surface area contributed by atoms with Crippen molar-refractivity contribution in [2.75, 3.05) is 31.9 Å². The number of carbonyl (C=O) groups excluding carboxylic acids is 1. The number of aryl methyl sites for hydroxylation is 2. The number of hydrogen-bond donors (Lipinski definition) is 1. The zero-order valence-electron chi connectivity index (χ0n) is 15.0. The first-order chi connectivity index (χ1) is 11.3. The van der Waals surface area contributed by atoms with Crippen molar-refractivity contribution < 1.29 is 13.2 Å². The van der Waals surface area contributed by atoms with Crippen LogP contribution in [-0.2, 0) is 21.2 Å². The smallest absolute Gasteiger partial charge is 0.227 e. The molecule has 7 heteroatoms. The lowest BCUT2D eigenvalue weighted by Crippen LogP contribution is -2.38. The van der Waals surface area contributed by atoms with E-state index in [1.165, 1.54) is 0 Å². The minimum Gasteiger partial charge on any atom is -0.362 e. The fourth-order valence-electron chi connectivity index (χ4n) is 3.12. The summed E-state index contributed by atoms with van der Waals surface area (Å²) < 4.78 is 26.2. The van der Waals surface area contributed by atoms with Crippen LogP contribution in [0.5, 0.6) is 0 Å². The van der Waals surface area contributed by atoms with Crippen LogP contribution < -0.4 is 0 Å². The van der Waals surface area contributed by atoms with Crippen LogP contribution in [0.15, 0.2) is 6.07 Å². The van der Waals surface area contributed by atoms with Gasteiger partial charge in [0.1, 0.15) is 0 Å². The highest BCUT2D eigenvalue weighted by Crippen LogP contribution is 2.14. The zero-order chi connectivity index (χ0) is 17.7. The molecule has 6 nitrogen and oxygen atoms in total. The lowest BCUT2D eigenvalue weighted by atomic mass is 10.1. The molecule has 24 heavy (non-hydrogen) atoms. The first kappa shape index (κ1) is 19.0. The van der Waals surface area contributed by atoms with Crippen LogP contribution in [0.4, 0.5) is 0 Å². The van der Waals surface area contributed by atoms with Gasteiger partial charge in [0.25, 0.3) is 0 Å². The van der Waals surface area contributed by atoms with Gasteiger partial charge in [0, 0.05) is 37.6 Å². The molecule has 0 unspecified atom stereocenters. The van der Waals surface area contributed by atoms with Gasteiger partial charge in [-0.3, -0.25) is 4.79 Å². The van der Waals surface area contributed by atoms with Gasteiger partial charge in [-0.05, 0) is 38.3 Å². The summed E-state index contributed by atoms with van der Waals surface area (Å²) in [5.74, 6) is 0.282. The Morgan fingerprint density at radius 2 is 1.96 bits per heavy atom. The van der Waals surface area contributed by atoms with E-state index in [4.69, 9.17) is 0 Å². The molecule has 1 aromatic heterocycles. The third-order valence-corrected chi connectivity index (χ3v) is 6.51. The van der Waals surface area contributed by atoms with Crippen LogP contribution >= 0.6 is 0 Å². The third kappa shape index (κ3) is 4.83. The third-order valence-electron chi connectivity index (χ3n) is 4.56. The van der Waals surface area contributed by atoms with Gasteiger partial charge in [0.15, 0.2) is 0 Å². The van der Waals surface area contributed by atoms with E-state index in [1.54, 1.807) is 9.21 Å². The molecule has 0 atom stereocenters. The maximum Gasteiger partial charge on any atom is 0.227 e. The summed E-state index contributed by atoms with van der Waals surface area (Å²) in [4.78, 5) is 17.6. The van der Waals surface area contributed by atoms with Crippen LogP contribution in [0, 0.1) is 13.8 Å². The van der Waals surface area contributed by atoms with E-state index in [-0.39, 0.29) is 11.7 Å². The van der Waals surface area contributed by atoms with Crippen molar-refractivity contribution in [3.63, 3.8) is 0 Å². The fourth-order valence-corrected chi connectivity index (χ4v) is 4.80. The highest BCUT2D eigenvalue weighted by Gasteiger charge is 2.26. The van der Waals surface area contributed by atoms with Crippen molar-refractivity contribution in [2.45, 2.75) is 46.5 Å². The number of hydrogen-bond acceptors (Lipinski definition) is 3. The minimum atomic E-state index is -3.19. The van der Waals surface area contributed by atoms with Crippen molar-refractivity contribution in [3.05, 3.63) is 23.0 Å². The van der Waals surface area contributed by atoms with Gasteiger partial charge in [-0.25, -0.2) is 12.7 Å². The van der Waals surface area contributed by atoms with E-state index in [0.717, 1.165) is 23.4 Å². The highest BCUT2D eigenvalue weighted by atomic mass is 32.2. The van der Waals surface area contributed by atoms with Gasteiger partial charge in [0.05, 0.1) is 12.2 Å². The monoisotopic (exact) mass is 355 g/mol.